The molecule has 0 bridgehead atoms. The summed E-state index contributed by atoms with van der Waals surface area (Å²) in [6, 6.07) is 22.2. The number of ether oxygens (including phenoxy) is 1. The molecule has 0 aliphatic heterocycles. The van der Waals surface area contributed by atoms with Crippen LogP contribution in [0.1, 0.15) is 11.1 Å². The van der Waals surface area contributed by atoms with Crippen LogP contribution in [-0.4, -0.2) is 4.98 Å². The van der Waals surface area contributed by atoms with Crippen LogP contribution in [0.3, 0.4) is 0 Å². The Bertz CT molecular complexity index is 731. The first kappa shape index (κ1) is 14.1. The van der Waals surface area contributed by atoms with Crippen molar-refractivity contribution in [3.05, 3.63) is 90.6 Å². The van der Waals surface area contributed by atoms with Crippen molar-refractivity contribution < 1.29 is 4.74 Å². The summed E-state index contributed by atoms with van der Waals surface area (Å²) in [6.45, 7) is 4.29. The van der Waals surface area contributed by atoms with Gasteiger partial charge in [0.25, 0.3) is 0 Å². The number of aromatic nitrogens is 1. The molecule has 2 heteroatoms. The Morgan fingerprint density at radius 2 is 1.59 bits per heavy atom. The molecule has 22 heavy (non-hydrogen) atoms. The van der Waals surface area contributed by atoms with Crippen molar-refractivity contribution in [2.75, 3.05) is 0 Å². The molecular weight excluding hydrogens is 270 g/mol. The van der Waals surface area contributed by atoms with Crippen LogP contribution in [0.5, 0.6) is 5.88 Å². The lowest BCUT2D eigenvalue weighted by atomic mass is 10.1. The number of hydrogen-bond acceptors (Lipinski definition) is 2. The fraction of sp³-hybridized carbons (Fsp3) is 0.0500. The standard InChI is InChI=1S/C20H17NO/c1-2-16-8-10-18(11-9-16)19-12-13-20(21-14-19)22-15-17-6-4-3-5-7-17/h2-14H,1,15H2. The summed E-state index contributed by atoms with van der Waals surface area (Å²) >= 11 is 0. The van der Waals surface area contributed by atoms with Crippen LogP contribution in [-0.2, 0) is 6.61 Å². The third-order valence-electron chi connectivity index (χ3n) is 3.45. The Morgan fingerprint density at radius 3 is 2.23 bits per heavy atom. The van der Waals surface area contributed by atoms with Gasteiger partial charge in [0.2, 0.25) is 5.88 Å². The topological polar surface area (TPSA) is 22.1 Å². The highest BCUT2D eigenvalue weighted by atomic mass is 16.5. The van der Waals surface area contributed by atoms with Crippen molar-refractivity contribution >= 4 is 6.08 Å². The number of rotatable bonds is 5. The van der Waals surface area contributed by atoms with E-state index in [0.29, 0.717) is 12.5 Å². The van der Waals surface area contributed by atoms with E-state index in [-0.39, 0.29) is 0 Å². The summed E-state index contributed by atoms with van der Waals surface area (Å²) < 4.78 is 5.70. The summed E-state index contributed by atoms with van der Waals surface area (Å²) in [6.07, 6.45) is 3.67. The average molecular weight is 287 g/mol. The molecule has 1 heterocycles. The molecular formula is C20H17NO. The van der Waals surface area contributed by atoms with Gasteiger partial charge in [-0.2, -0.15) is 0 Å². The molecule has 3 aromatic rings. The number of nitrogens with zero attached hydrogens (tertiary/aromatic N) is 1. The maximum absolute atomic E-state index is 5.70. The molecule has 0 amide bonds. The van der Waals surface area contributed by atoms with Gasteiger partial charge in [0.05, 0.1) is 0 Å². The second kappa shape index (κ2) is 6.72. The lowest BCUT2D eigenvalue weighted by molar-refractivity contribution is 0.294. The summed E-state index contributed by atoms with van der Waals surface area (Å²) in [7, 11) is 0. The number of benzene rings is 2. The lowest BCUT2D eigenvalue weighted by Crippen LogP contribution is -1.96. The van der Waals surface area contributed by atoms with Crippen LogP contribution >= 0.6 is 0 Å². The van der Waals surface area contributed by atoms with E-state index >= 15 is 0 Å². The molecule has 0 saturated heterocycles. The van der Waals surface area contributed by atoms with E-state index in [9.17, 15) is 0 Å². The number of pyridine rings is 1. The Morgan fingerprint density at radius 1 is 0.864 bits per heavy atom. The zero-order valence-electron chi connectivity index (χ0n) is 12.3. The van der Waals surface area contributed by atoms with E-state index in [2.05, 4.69) is 23.7 Å². The molecule has 0 spiro atoms. The molecule has 108 valence electrons. The molecule has 2 nitrogen and oxygen atoms in total. The fourth-order valence-electron chi connectivity index (χ4n) is 2.18. The minimum absolute atomic E-state index is 0.529. The summed E-state index contributed by atoms with van der Waals surface area (Å²) in [4.78, 5) is 4.37. The second-order valence-corrected chi connectivity index (χ2v) is 4.99. The third kappa shape index (κ3) is 3.41. The zero-order valence-corrected chi connectivity index (χ0v) is 12.3. The zero-order chi connectivity index (χ0) is 15.2. The van der Waals surface area contributed by atoms with Crippen LogP contribution in [0.25, 0.3) is 17.2 Å². The normalized spacial score (nSPS) is 10.2. The minimum atomic E-state index is 0.529. The molecule has 0 radical (unpaired) electrons. The highest BCUT2D eigenvalue weighted by Gasteiger charge is 2.00. The Kier molecular flexibility index (Phi) is 4.30. The SMILES string of the molecule is C=Cc1ccc(-c2ccc(OCc3ccccc3)nc2)cc1. The largest absolute Gasteiger partial charge is 0.473 e. The quantitative estimate of drug-likeness (QED) is 0.661. The van der Waals surface area contributed by atoms with E-state index in [4.69, 9.17) is 4.74 Å². The molecule has 2 aromatic carbocycles. The maximum Gasteiger partial charge on any atom is 0.213 e. The van der Waals surface area contributed by atoms with Crippen molar-refractivity contribution in [3.63, 3.8) is 0 Å². The van der Waals surface area contributed by atoms with E-state index in [1.807, 2.05) is 66.9 Å². The van der Waals surface area contributed by atoms with Crippen molar-refractivity contribution in [2.45, 2.75) is 6.61 Å². The lowest BCUT2D eigenvalue weighted by Gasteiger charge is -2.07. The van der Waals surface area contributed by atoms with E-state index in [1.165, 1.54) is 0 Å². The van der Waals surface area contributed by atoms with Crippen molar-refractivity contribution in [1.82, 2.24) is 4.98 Å². The molecule has 0 unspecified atom stereocenters. The van der Waals surface area contributed by atoms with Gasteiger partial charge < -0.3 is 4.74 Å². The summed E-state index contributed by atoms with van der Waals surface area (Å²) in [5.41, 5.74) is 4.45. The molecule has 0 atom stereocenters. The highest BCUT2D eigenvalue weighted by molar-refractivity contribution is 5.64. The predicted octanol–water partition coefficient (Wildman–Crippen LogP) is 4.97. The first-order valence-electron chi connectivity index (χ1n) is 7.21. The molecule has 0 N–H and O–H groups in total. The van der Waals surface area contributed by atoms with Crippen molar-refractivity contribution in [1.29, 1.82) is 0 Å². The highest BCUT2D eigenvalue weighted by Crippen LogP contribution is 2.21. The first-order chi connectivity index (χ1) is 10.8. The molecule has 3 rings (SSSR count). The van der Waals surface area contributed by atoms with Crippen LogP contribution in [0.4, 0.5) is 0 Å². The summed E-state index contributed by atoms with van der Waals surface area (Å²) in [5.74, 6) is 0.635. The van der Waals surface area contributed by atoms with Gasteiger partial charge in [0.15, 0.2) is 0 Å². The predicted molar refractivity (Wildman–Crippen MR) is 90.5 cm³/mol. The smallest absolute Gasteiger partial charge is 0.213 e. The Hall–Kier alpha value is -2.87. The van der Waals surface area contributed by atoms with Crippen molar-refractivity contribution in [2.24, 2.45) is 0 Å². The Balaban J connectivity index is 1.68. The maximum atomic E-state index is 5.70. The van der Waals surface area contributed by atoms with E-state index in [0.717, 1.165) is 22.3 Å². The van der Waals surface area contributed by atoms with E-state index < -0.39 is 0 Å². The average Bonchev–Trinajstić information content (AvgIpc) is 2.61. The molecule has 0 aliphatic rings. The fourth-order valence-corrected chi connectivity index (χ4v) is 2.18. The van der Waals surface area contributed by atoms with Gasteiger partial charge in [-0.3, -0.25) is 0 Å². The molecule has 0 saturated carbocycles. The molecule has 0 aliphatic carbocycles. The third-order valence-corrected chi connectivity index (χ3v) is 3.45. The second-order valence-electron chi connectivity index (χ2n) is 4.99. The van der Waals surface area contributed by atoms with Gasteiger partial charge in [-0.15, -0.1) is 0 Å². The van der Waals surface area contributed by atoms with E-state index in [1.54, 1.807) is 0 Å². The van der Waals surface area contributed by atoms with Gasteiger partial charge in [-0.25, -0.2) is 4.98 Å². The first-order valence-corrected chi connectivity index (χ1v) is 7.21. The van der Waals surface area contributed by atoms with Crippen LogP contribution in [0.2, 0.25) is 0 Å². The van der Waals surface area contributed by atoms with Crippen LogP contribution in [0, 0.1) is 0 Å². The van der Waals surface area contributed by atoms with Gasteiger partial charge in [-0.05, 0) is 22.8 Å². The van der Waals surface area contributed by atoms with Gasteiger partial charge in [0.1, 0.15) is 6.61 Å². The Labute approximate surface area is 130 Å². The van der Waals surface area contributed by atoms with Crippen LogP contribution < -0.4 is 4.74 Å². The van der Waals surface area contributed by atoms with Crippen LogP contribution in [0.15, 0.2) is 79.5 Å². The minimum Gasteiger partial charge on any atom is -0.473 e. The van der Waals surface area contributed by atoms with Gasteiger partial charge in [0, 0.05) is 17.8 Å². The molecule has 0 fully saturated rings. The van der Waals surface area contributed by atoms with Gasteiger partial charge >= 0.3 is 0 Å². The van der Waals surface area contributed by atoms with Crippen molar-refractivity contribution in [3.8, 4) is 17.0 Å². The van der Waals surface area contributed by atoms with Gasteiger partial charge in [-0.1, -0.05) is 67.3 Å². The number of hydrogen-bond donors (Lipinski definition) is 0. The molecule has 1 aromatic heterocycles. The monoisotopic (exact) mass is 287 g/mol. The summed E-state index contributed by atoms with van der Waals surface area (Å²) in [5, 5.41) is 0.